The third-order valence-electron chi connectivity index (χ3n) is 4.67. The summed E-state index contributed by atoms with van der Waals surface area (Å²) in [5.74, 6) is -0.0699. The SMILES string of the molecule is CCOC(=O)C(C)Oc1cccc2c(=O)n(CC(=O)N3CCCC3)ccc12. The normalized spacial score (nSPS) is 15.0. The maximum atomic E-state index is 12.8. The van der Waals surface area contributed by atoms with Crippen molar-refractivity contribution in [2.24, 2.45) is 0 Å². The summed E-state index contributed by atoms with van der Waals surface area (Å²) in [4.78, 5) is 38.7. The molecule has 0 saturated carbocycles. The lowest BCUT2D eigenvalue weighted by Crippen LogP contribution is -2.34. The van der Waals surface area contributed by atoms with Gasteiger partial charge in [-0.3, -0.25) is 9.59 Å². The molecular weight excluding hydrogens is 348 g/mol. The monoisotopic (exact) mass is 372 g/mol. The van der Waals surface area contributed by atoms with Gasteiger partial charge in [0.15, 0.2) is 6.10 Å². The molecule has 7 heteroatoms. The lowest BCUT2D eigenvalue weighted by atomic mass is 10.1. The molecule has 0 radical (unpaired) electrons. The fourth-order valence-electron chi connectivity index (χ4n) is 3.23. The summed E-state index contributed by atoms with van der Waals surface area (Å²) in [6.07, 6.45) is 2.84. The molecule has 0 aliphatic carbocycles. The highest BCUT2D eigenvalue weighted by Crippen LogP contribution is 2.24. The number of amides is 1. The van der Waals surface area contributed by atoms with Crippen LogP contribution in [0.15, 0.2) is 35.3 Å². The fourth-order valence-corrected chi connectivity index (χ4v) is 3.23. The Morgan fingerprint density at radius 1 is 1.15 bits per heavy atom. The van der Waals surface area contributed by atoms with Crippen molar-refractivity contribution in [2.45, 2.75) is 39.3 Å². The van der Waals surface area contributed by atoms with Gasteiger partial charge in [0.25, 0.3) is 5.56 Å². The van der Waals surface area contributed by atoms with Crippen molar-refractivity contribution in [3.63, 3.8) is 0 Å². The van der Waals surface area contributed by atoms with Crippen LogP contribution in [0, 0.1) is 0 Å². The van der Waals surface area contributed by atoms with Crippen LogP contribution < -0.4 is 10.3 Å². The highest BCUT2D eigenvalue weighted by atomic mass is 16.6. The number of benzene rings is 1. The molecule has 2 heterocycles. The molecule has 1 saturated heterocycles. The summed E-state index contributed by atoms with van der Waals surface area (Å²) >= 11 is 0. The summed E-state index contributed by atoms with van der Waals surface area (Å²) < 4.78 is 12.1. The second-order valence-electron chi connectivity index (χ2n) is 6.57. The second kappa shape index (κ2) is 8.24. The minimum Gasteiger partial charge on any atom is -0.478 e. The number of carbonyl (C=O) groups excluding carboxylic acids is 2. The maximum absolute atomic E-state index is 12.8. The van der Waals surface area contributed by atoms with Crippen molar-refractivity contribution >= 4 is 22.6 Å². The highest BCUT2D eigenvalue weighted by Gasteiger charge is 2.20. The molecule has 1 amide bonds. The minimum atomic E-state index is -0.783. The Balaban J connectivity index is 1.85. The molecule has 1 aromatic carbocycles. The van der Waals surface area contributed by atoms with E-state index in [0.717, 1.165) is 25.9 Å². The van der Waals surface area contributed by atoms with Crippen LogP contribution in [-0.4, -0.2) is 47.1 Å². The first-order chi connectivity index (χ1) is 13.0. The average molecular weight is 372 g/mol. The van der Waals surface area contributed by atoms with Gasteiger partial charge >= 0.3 is 5.97 Å². The van der Waals surface area contributed by atoms with E-state index in [4.69, 9.17) is 9.47 Å². The van der Waals surface area contributed by atoms with Crippen LogP contribution in [0.1, 0.15) is 26.7 Å². The van der Waals surface area contributed by atoms with Gasteiger partial charge in [0.1, 0.15) is 12.3 Å². The Morgan fingerprint density at radius 2 is 1.89 bits per heavy atom. The topological polar surface area (TPSA) is 77.8 Å². The number of likely N-dealkylation sites (tertiary alicyclic amines) is 1. The molecule has 144 valence electrons. The van der Waals surface area contributed by atoms with E-state index in [1.165, 1.54) is 4.57 Å². The number of pyridine rings is 1. The van der Waals surface area contributed by atoms with Gasteiger partial charge in [0.2, 0.25) is 5.91 Å². The molecule has 1 aliphatic rings. The first-order valence-corrected chi connectivity index (χ1v) is 9.24. The van der Waals surface area contributed by atoms with E-state index < -0.39 is 12.1 Å². The number of carbonyl (C=O) groups is 2. The summed E-state index contributed by atoms with van der Waals surface area (Å²) in [7, 11) is 0. The third-order valence-corrected chi connectivity index (χ3v) is 4.67. The van der Waals surface area contributed by atoms with E-state index in [1.54, 1.807) is 49.2 Å². The molecule has 27 heavy (non-hydrogen) atoms. The second-order valence-corrected chi connectivity index (χ2v) is 6.57. The van der Waals surface area contributed by atoms with E-state index >= 15 is 0 Å². The van der Waals surface area contributed by atoms with Gasteiger partial charge < -0.3 is 18.9 Å². The smallest absolute Gasteiger partial charge is 0.347 e. The van der Waals surface area contributed by atoms with Gasteiger partial charge in [-0.25, -0.2) is 4.79 Å². The fraction of sp³-hybridized carbons (Fsp3) is 0.450. The van der Waals surface area contributed by atoms with Crippen LogP contribution in [0.3, 0.4) is 0 Å². The molecule has 1 unspecified atom stereocenters. The molecule has 1 aromatic heterocycles. The van der Waals surface area contributed by atoms with Crippen LogP contribution in [-0.2, 0) is 20.9 Å². The van der Waals surface area contributed by atoms with Crippen LogP contribution in [0.25, 0.3) is 10.8 Å². The summed E-state index contributed by atoms with van der Waals surface area (Å²) in [5, 5.41) is 1.05. The Labute approximate surface area is 157 Å². The van der Waals surface area contributed by atoms with Crippen LogP contribution in [0.5, 0.6) is 5.75 Å². The first-order valence-electron chi connectivity index (χ1n) is 9.24. The minimum absolute atomic E-state index is 0.0269. The summed E-state index contributed by atoms with van der Waals surface area (Å²) in [6.45, 7) is 5.15. The van der Waals surface area contributed by atoms with Gasteiger partial charge in [-0.1, -0.05) is 6.07 Å². The van der Waals surface area contributed by atoms with Crippen molar-refractivity contribution in [3.05, 3.63) is 40.8 Å². The summed E-state index contributed by atoms with van der Waals surface area (Å²) in [5.41, 5.74) is -0.255. The Kier molecular flexibility index (Phi) is 5.78. The van der Waals surface area contributed by atoms with Crippen LogP contribution in [0.4, 0.5) is 0 Å². The first kappa shape index (κ1) is 18.9. The number of nitrogens with zero attached hydrogens (tertiary/aromatic N) is 2. The number of aromatic nitrogens is 1. The van der Waals surface area contributed by atoms with E-state index in [1.807, 2.05) is 0 Å². The Hall–Kier alpha value is -2.83. The summed E-state index contributed by atoms with van der Waals surface area (Å²) in [6, 6.07) is 6.83. The van der Waals surface area contributed by atoms with Gasteiger partial charge in [-0.05, 0) is 44.9 Å². The van der Waals surface area contributed by atoms with Crippen molar-refractivity contribution in [2.75, 3.05) is 19.7 Å². The van der Waals surface area contributed by atoms with Crippen LogP contribution >= 0.6 is 0 Å². The Bertz CT molecular complexity index is 899. The predicted octanol–water partition coefficient (Wildman–Crippen LogP) is 1.95. The number of ether oxygens (including phenoxy) is 2. The lowest BCUT2D eigenvalue weighted by molar-refractivity contribution is -0.150. The van der Waals surface area contributed by atoms with Crippen molar-refractivity contribution < 1.29 is 19.1 Å². The molecule has 0 N–H and O–H groups in total. The number of fused-ring (bicyclic) bond motifs is 1. The highest BCUT2D eigenvalue weighted by molar-refractivity contribution is 5.88. The van der Waals surface area contributed by atoms with Gasteiger partial charge in [0, 0.05) is 24.7 Å². The Morgan fingerprint density at radius 3 is 2.59 bits per heavy atom. The number of rotatable bonds is 6. The third kappa shape index (κ3) is 4.13. The molecule has 2 aromatic rings. The van der Waals surface area contributed by atoms with Gasteiger partial charge in [0.05, 0.1) is 12.0 Å². The number of esters is 1. The van der Waals surface area contributed by atoms with E-state index in [-0.39, 0.29) is 24.6 Å². The van der Waals surface area contributed by atoms with E-state index in [9.17, 15) is 14.4 Å². The number of hydrogen-bond donors (Lipinski definition) is 0. The quantitative estimate of drug-likeness (QED) is 0.725. The molecule has 0 spiro atoms. The molecule has 1 atom stereocenters. The molecular formula is C20H24N2O5. The maximum Gasteiger partial charge on any atom is 0.347 e. The zero-order valence-corrected chi connectivity index (χ0v) is 15.6. The van der Waals surface area contributed by atoms with Crippen molar-refractivity contribution in [1.82, 2.24) is 9.47 Å². The van der Waals surface area contributed by atoms with E-state index in [0.29, 0.717) is 16.5 Å². The largest absolute Gasteiger partial charge is 0.478 e. The molecule has 1 fully saturated rings. The standard InChI is InChI=1S/C20H24N2O5/c1-3-26-20(25)14(2)27-17-8-6-7-16-15(17)9-12-22(19(16)24)13-18(23)21-10-4-5-11-21/h6-9,12,14H,3-5,10-11,13H2,1-2H3. The molecule has 3 rings (SSSR count). The van der Waals surface area contributed by atoms with Crippen molar-refractivity contribution in [3.8, 4) is 5.75 Å². The van der Waals surface area contributed by atoms with Gasteiger partial charge in [-0.2, -0.15) is 0 Å². The van der Waals surface area contributed by atoms with Gasteiger partial charge in [-0.15, -0.1) is 0 Å². The van der Waals surface area contributed by atoms with Crippen molar-refractivity contribution in [1.29, 1.82) is 0 Å². The predicted molar refractivity (Wildman–Crippen MR) is 101 cm³/mol. The lowest BCUT2D eigenvalue weighted by Gasteiger charge is -2.17. The molecule has 0 bridgehead atoms. The molecule has 7 nitrogen and oxygen atoms in total. The number of hydrogen-bond acceptors (Lipinski definition) is 5. The van der Waals surface area contributed by atoms with E-state index in [2.05, 4.69) is 0 Å². The zero-order chi connectivity index (χ0) is 19.4. The zero-order valence-electron chi connectivity index (χ0n) is 15.6. The van der Waals surface area contributed by atoms with Crippen LogP contribution in [0.2, 0.25) is 0 Å². The molecule has 1 aliphatic heterocycles. The average Bonchev–Trinajstić information content (AvgIpc) is 3.19.